The highest BCUT2D eigenvalue weighted by Crippen LogP contribution is 2.22. The Kier molecular flexibility index (Phi) is 6.87. The summed E-state index contributed by atoms with van der Waals surface area (Å²) in [7, 11) is 1.77. The zero-order chi connectivity index (χ0) is 15.2. The fraction of sp³-hybridized carbons (Fsp3) is 0.857. The van der Waals surface area contributed by atoms with E-state index in [1.165, 1.54) is 0 Å². The molecule has 0 aliphatic rings. The summed E-state index contributed by atoms with van der Waals surface area (Å²) in [5, 5.41) is 11.6. The van der Waals surface area contributed by atoms with Crippen molar-refractivity contribution in [2.45, 2.75) is 53.5 Å². The molecule has 0 rings (SSSR count). The number of aliphatic carboxylic acids is 1. The van der Waals surface area contributed by atoms with E-state index in [1.54, 1.807) is 11.9 Å². The smallest absolute Gasteiger partial charge is 0.317 e. The van der Waals surface area contributed by atoms with Crippen LogP contribution in [0.2, 0.25) is 0 Å². The van der Waals surface area contributed by atoms with Crippen molar-refractivity contribution in [3.63, 3.8) is 0 Å². The minimum Gasteiger partial charge on any atom is -0.481 e. The van der Waals surface area contributed by atoms with E-state index in [0.29, 0.717) is 6.54 Å². The molecule has 0 saturated carbocycles. The second-order valence-electron chi connectivity index (χ2n) is 6.21. The molecule has 2 amide bonds. The summed E-state index contributed by atoms with van der Waals surface area (Å²) in [6, 6.07) is -0.0432. The first kappa shape index (κ1) is 17.7. The van der Waals surface area contributed by atoms with Crippen LogP contribution < -0.4 is 5.32 Å². The molecule has 5 heteroatoms. The van der Waals surface area contributed by atoms with Gasteiger partial charge in [-0.2, -0.15) is 0 Å². The predicted octanol–water partition coefficient (Wildman–Crippen LogP) is 2.56. The molecule has 0 aliphatic carbocycles. The topological polar surface area (TPSA) is 69.6 Å². The Balaban J connectivity index is 4.34. The molecule has 2 N–H and O–H groups in total. The Morgan fingerprint density at radius 2 is 1.84 bits per heavy atom. The van der Waals surface area contributed by atoms with Gasteiger partial charge in [0.05, 0.1) is 0 Å². The third-order valence-corrected chi connectivity index (χ3v) is 3.74. The SMILES string of the molecule is CCC(CNC(=O)N(C)C(C)C(C)(C)C)CC(=O)O. The van der Waals surface area contributed by atoms with E-state index in [2.05, 4.69) is 26.1 Å². The third-order valence-electron chi connectivity index (χ3n) is 3.74. The first-order valence-corrected chi connectivity index (χ1v) is 6.82. The summed E-state index contributed by atoms with van der Waals surface area (Å²) >= 11 is 0. The van der Waals surface area contributed by atoms with E-state index < -0.39 is 5.97 Å². The lowest BCUT2D eigenvalue weighted by Crippen LogP contribution is -2.48. The number of hydrogen-bond donors (Lipinski definition) is 2. The minimum atomic E-state index is -0.822. The van der Waals surface area contributed by atoms with Gasteiger partial charge in [0.25, 0.3) is 0 Å². The van der Waals surface area contributed by atoms with Gasteiger partial charge in [-0.05, 0) is 18.3 Å². The number of rotatable bonds is 6. The van der Waals surface area contributed by atoms with Crippen molar-refractivity contribution in [1.82, 2.24) is 10.2 Å². The standard InChI is InChI=1S/C14H28N2O3/c1-7-11(8-12(17)18)9-15-13(19)16(6)10(2)14(3,4)5/h10-11H,7-9H2,1-6H3,(H,15,19)(H,17,18). The summed E-state index contributed by atoms with van der Waals surface area (Å²) < 4.78 is 0. The normalized spacial score (nSPS) is 14.6. The highest BCUT2D eigenvalue weighted by atomic mass is 16.4. The van der Waals surface area contributed by atoms with Crippen molar-refractivity contribution in [1.29, 1.82) is 0 Å². The molecule has 0 aromatic carbocycles. The summed E-state index contributed by atoms with van der Waals surface area (Å²) in [6.07, 6.45) is 0.834. The summed E-state index contributed by atoms with van der Waals surface area (Å²) in [6.45, 7) is 10.6. The summed E-state index contributed by atoms with van der Waals surface area (Å²) in [5.41, 5.74) is 0.0112. The molecule has 19 heavy (non-hydrogen) atoms. The number of urea groups is 1. The van der Waals surface area contributed by atoms with Gasteiger partial charge in [0, 0.05) is 26.1 Å². The van der Waals surface area contributed by atoms with Crippen molar-refractivity contribution in [2.24, 2.45) is 11.3 Å². The Bertz CT molecular complexity index is 310. The molecule has 0 aromatic heterocycles. The number of carboxylic acid groups (broad SMARTS) is 1. The van der Waals surface area contributed by atoms with Crippen molar-refractivity contribution in [3.8, 4) is 0 Å². The first-order chi connectivity index (χ1) is 8.59. The number of nitrogens with zero attached hydrogens (tertiary/aromatic N) is 1. The average molecular weight is 272 g/mol. The molecule has 5 nitrogen and oxygen atoms in total. The molecule has 112 valence electrons. The predicted molar refractivity (Wildman–Crippen MR) is 76.1 cm³/mol. The minimum absolute atomic E-state index is 0.0112. The quantitative estimate of drug-likeness (QED) is 0.780. The second-order valence-corrected chi connectivity index (χ2v) is 6.21. The molecule has 2 atom stereocenters. The monoisotopic (exact) mass is 272 g/mol. The van der Waals surface area contributed by atoms with Crippen LogP contribution in [0, 0.1) is 11.3 Å². The van der Waals surface area contributed by atoms with E-state index in [-0.39, 0.29) is 29.8 Å². The van der Waals surface area contributed by atoms with Crippen LogP contribution in [0.1, 0.15) is 47.5 Å². The number of amides is 2. The van der Waals surface area contributed by atoms with Gasteiger partial charge in [0.1, 0.15) is 0 Å². The van der Waals surface area contributed by atoms with Crippen molar-refractivity contribution >= 4 is 12.0 Å². The number of carboxylic acids is 1. The van der Waals surface area contributed by atoms with Crippen LogP contribution in [0.4, 0.5) is 4.79 Å². The fourth-order valence-electron chi connectivity index (χ4n) is 1.72. The van der Waals surface area contributed by atoms with Crippen LogP contribution in [-0.2, 0) is 4.79 Å². The Hall–Kier alpha value is -1.26. The molecule has 0 saturated heterocycles. The van der Waals surface area contributed by atoms with E-state index >= 15 is 0 Å². The molecule has 0 heterocycles. The Morgan fingerprint density at radius 3 is 2.21 bits per heavy atom. The first-order valence-electron chi connectivity index (χ1n) is 6.82. The highest BCUT2D eigenvalue weighted by molar-refractivity contribution is 5.74. The second kappa shape index (κ2) is 7.36. The third kappa shape index (κ3) is 6.45. The highest BCUT2D eigenvalue weighted by Gasteiger charge is 2.27. The van der Waals surface area contributed by atoms with E-state index in [0.717, 1.165) is 6.42 Å². The van der Waals surface area contributed by atoms with Gasteiger partial charge in [-0.1, -0.05) is 34.1 Å². The fourth-order valence-corrected chi connectivity index (χ4v) is 1.72. The average Bonchev–Trinajstić information content (AvgIpc) is 2.30. The van der Waals surface area contributed by atoms with Crippen molar-refractivity contribution < 1.29 is 14.7 Å². The van der Waals surface area contributed by atoms with E-state index in [1.807, 2.05) is 13.8 Å². The molecule has 0 aromatic rings. The molecule has 0 bridgehead atoms. The zero-order valence-corrected chi connectivity index (χ0v) is 13.0. The van der Waals surface area contributed by atoms with Crippen LogP contribution in [0.3, 0.4) is 0 Å². The van der Waals surface area contributed by atoms with Crippen LogP contribution in [-0.4, -0.2) is 41.6 Å². The molecule has 0 spiro atoms. The Labute approximate surface area is 116 Å². The molecular formula is C14H28N2O3. The lowest BCUT2D eigenvalue weighted by atomic mass is 9.87. The zero-order valence-electron chi connectivity index (χ0n) is 13.0. The van der Waals surface area contributed by atoms with Crippen molar-refractivity contribution in [3.05, 3.63) is 0 Å². The van der Waals surface area contributed by atoms with Gasteiger partial charge in [0.2, 0.25) is 0 Å². The lowest BCUT2D eigenvalue weighted by Gasteiger charge is -2.35. The number of carbonyl (C=O) groups is 2. The van der Waals surface area contributed by atoms with Gasteiger partial charge < -0.3 is 15.3 Å². The van der Waals surface area contributed by atoms with Crippen LogP contribution in [0.5, 0.6) is 0 Å². The van der Waals surface area contributed by atoms with Gasteiger partial charge in [-0.3, -0.25) is 4.79 Å². The van der Waals surface area contributed by atoms with E-state index in [4.69, 9.17) is 5.11 Å². The number of carbonyl (C=O) groups excluding carboxylic acids is 1. The van der Waals surface area contributed by atoms with Gasteiger partial charge in [-0.25, -0.2) is 4.79 Å². The lowest BCUT2D eigenvalue weighted by molar-refractivity contribution is -0.138. The number of hydrogen-bond acceptors (Lipinski definition) is 2. The van der Waals surface area contributed by atoms with Crippen LogP contribution in [0.15, 0.2) is 0 Å². The summed E-state index contributed by atoms with van der Waals surface area (Å²) in [4.78, 5) is 24.3. The van der Waals surface area contributed by atoms with Crippen LogP contribution in [0.25, 0.3) is 0 Å². The largest absolute Gasteiger partial charge is 0.481 e. The molecule has 0 fully saturated rings. The van der Waals surface area contributed by atoms with Gasteiger partial charge in [-0.15, -0.1) is 0 Å². The molecule has 2 unspecified atom stereocenters. The maximum absolute atomic E-state index is 12.0. The molecule has 0 radical (unpaired) electrons. The number of nitrogens with one attached hydrogen (secondary N) is 1. The van der Waals surface area contributed by atoms with Crippen molar-refractivity contribution in [2.75, 3.05) is 13.6 Å². The van der Waals surface area contributed by atoms with Gasteiger partial charge in [0.15, 0.2) is 0 Å². The van der Waals surface area contributed by atoms with E-state index in [9.17, 15) is 9.59 Å². The van der Waals surface area contributed by atoms with Crippen LogP contribution >= 0.6 is 0 Å². The van der Waals surface area contributed by atoms with Gasteiger partial charge >= 0.3 is 12.0 Å². The summed E-state index contributed by atoms with van der Waals surface area (Å²) in [5.74, 6) is -0.836. The Morgan fingerprint density at radius 1 is 1.32 bits per heavy atom. The maximum atomic E-state index is 12.0. The molecular weight excluding hydrogens is 244 g/mol. The molecule has 0 aliphatic heterocycles. The maximum Gasteiger partial charge on any atom is 0.317 e.